The highest BCUT2D eigenvalue weighted by molar-refractivity contribution is 6.03. The van der Waals surface area contributed by atoms with Crippen LogP contribution in [0.4, 0.5) is 5.69 Å². The van der Waals surface area contributed by atoms with Gasteiger partial charge < -0.3 is 14.9 Å². The molecule has 2 rings (SSSR count). The molecule has 1 aromatic carbocycles. The number of anilines is 1. The second-order valence-electron chi connectivity index (χ2n) is 4.91. The standard InChI is InChI=1S/C14H16N2O4/c1-15(2)12(17)5-6-16-11-7-10(14(19)20)4-3-9(11)8-13(16)18/h3-4,7H,5-6,8H2,1-2H3,(H,19,20). The van der Waals surface area contributed by atoms with Crippen LogP contribution < -0.4 is 4.90 Å². The van der Waals surface area contributed by atoms with Gasteiger partial charge in [-0.25, -0.2) is 4.79 Å². The Kier molecular flexibility index (Phi) is 3.74. The fraction of sp³-hybridized carbons (Fsp3) is 0.357. The summed E-state index contributed by atoms with van der Waals surface area (Å²) < 4.78 is 0. The van der Waals surface area contributed by atoms with Gasteiger partial charge in [0.05, 0.1) is 12.0 Å². The fourth-order valence-corrected chi connectivity index (χ4v) is 2.17. The summed E-state index contributed by atoms with van der Waals surface area (Å²) in [5, 5.41) is 8.99. The molecule has 6 nitrogen and oxygen atoms in total. The normalized spacial score (nSPS) is 13.3. The number of carbonyl (C=O) groups excluding carboxylic acids is 2. The van der Waals surface area contributed by atoms with Crippen molar-refractivity contribution >= 4 is 23.5 Å². The molecule has 0 saturated heterocycles. The van der Waals surface area contributed by atoms with Crippen LogP contribution in [0.15, 0.2) is 18.2 Å². The topological polar surface area (TPSA) is 77.9 Å². The van der Waals surface area contributed by atoms with E-state index in [0.29, 0.717) is 5.69 Å². The number of fused-ring (bicyclic) bond motifs is 1. The van der Waals surface area contributed by atoms with Gasteiger partial charge in [0.15, 0.2) is 0 Å². The minimum absolute atomic E-state index is 0.0689. The van der Waals surface area contributed by atoms with Gasteiger partial charge in [0, 0.05) is 32.7 Å². The van der Waals surface area contributed by atoms with Crippen molar-refractivity contribution in [2.24, 2.45) is 0 Å². The first-order valence-corrected chi connectivity index (χ1v) is 6.27. The average molecular weight is 276 g/mol. The third-order valence-electron chi connectivity index (χ3n) is 3.31. The zero-order chi connectivity index (χ0) is 14.9. The van der Waals surface area contributed by atoms with Gasteiger partial charge >= 0.3 is 5.97 Å². The lowest BCUT2D eigenvalue weighted by atomic mass is 10.1. The number of carboxylic acids is 1. The Labute approximate surface area is 116 Å². The van der Waals surface area contributed by atoms with Gasteiger partial charge in [-0.15, -0.1) is 0 Å². The zero-order valence-electron chi connectivity index (χ0n) is 11.4. The van der Waals surface area contributed by atoms with Crippen molar-refractivity contribution in [3.05, 3.63) is 29.3 Å². The van der Waals surface area contributed by atoms with E-state index in [1.807, 2.05) is 0 Å². The van der Waals surface area contributed by atoms with Crippen molar-refractivity contribution in [1.82, 2.24) is 4.90 Å². The second kappa shape index (κ2) is 5.32. The Morgan fingerprint density at radius 2 is 2.05 bits per heavy atom. The second-order valence-corrected chi connectivity index (χ2v) is 4.91. The number of benzene rings is 1. The molecular weight excluding hydrogens is 260 g/mol. The van der Waals surface area contributed by atoms with Crippen LogP contribution in [0, 0.1) is 0 Å². The van der Waals surface area contributed by atoms with Crippen LogP contribution in [0.5, 0.6) is 0 Å². The van der Waals surface area contributed by atoms with Gasteiger partial charge in [0.25, 0.3) is 0 Å². The van der Waals surface area contributed by atoms with Crippen LogP contribution in [0.25, 0.3) is 0 Å². The lowest BCUT2D eigenvalue weighted by Crippen LogP contribution is -2.32. The van der Waals surface area contributed by atoms with Crippen LogP contribution in [0.1, 0.15) is 22.3 Å². The van der Waals surface area contributed by atoms with Crippen LogP contribution in [-0.4, -0.2) is 48.4 Å². The average Bonchev–Trinajstić information content (AvgIpc) is 2.70. The van der Waals surface area contributed by atoms with E-state index in [1.165, 1.54) is 21.9 Å². The highest BCUT2D eigenvalue weighted by atomic mass is 16.4. The predicted molar refractivity (Wildman–Crippen MR) is 72.8 cm³/mol. The molecule has 1 aromatic rings. The van der Waals surface area contributed by atoms with E-state index in [2.05, 4.69) is 0 Å². The van der Waals surface area contributed by atoms with Crippen molar-refractivity contribution in [2.75, 3.05) is 25.5 Å². The summed E-state index contributed by atoms with van der Waals surface area (Å²) in [5.41, 5.74) is 1.54. The summed E-state index contributed by atoms with van der Waals surface area (Å²) >= 11 is 0. The van der Waals surface area contributed by atoms with Gasteiger partial charge in [-0.2, -0.15) is 0 Å². The number of rotatable bonds is 4. The van der Waals surface area contributed by atoms with E-state index in [-0.39, 0.29) is 36.8 Å². The molecule has 0 aromatic heterocycles. The number of carbonyl (C=O) groups is 3. The largest absolute Gasteiger partial charge is 0.478 e. The van der Waals surface area contributed by atoms with E-state index < -0.39 is 5.97 Å². The molecule has 106 valence electrons. The van der Waals surface area contributed by atoms with E-state index in [9.17, 15) is 14.4 Å². The Morgan fingerprint density at radius 1 is 1.35 bits per heavy atom. The van der Waals surface area contributed by atoms with Crippen LogP contribution in [0.2, 0.25) is 0 Å². The molecule has 1 N–H and O–H groups in total. The first kappa shape index (κ1) is 14.0. The molecule has 1 heterocycles. The molecule has 1 aliphatic heterocycles. The summed E-state index contributed by atoms with van der Waals surface area (Å²) in [4.78, 5) is 37.5. The fourth-order valence-electron chi connectivity index (χ4n) is 2.17. The molecular formula is C14H16N2O4. The van der Waals surface area contributed by atoms with Crippen LogP contribution in [0.3, 0.4) is 0 Å². The maximum Gasteiger partial charge on any atom is 0.335 e. The van der Waals surface area contributed by atoms with Gasteiger partial charge in [-0.3, -0.25) is 9.59 Å². The number of amides is 2. The highest BCUT2D eigenvalue weighted by Crippen LogP contribution is 2.30. The quantitative estimate of drug-likeness (QED) is 0.880. The van der Waals surface area contributed by atoms with Gasteiger partial charge in [0.1, 0.15) is 0 Å². The van der Waals surface area contributed by atoms with Gasteiger partial charge in [-0.1, -0.05) is 6.07 Å². The molecule has 0 fully saturated rings. The third kappa shape index (κ3) is 2.64. The maximum atomic E-state index is 11.9. The van der Waals surface area contributed by atoms with Gasteiger partial charge in [-0.05, 0) is 17.7 Å². The zero-order valence-corrected chi connectivity index (χ0v) is 11.4. The Balaban J connectivity index is 2.20. The minimum atomic E-state index is -1.03. The van der Waals surface area contributed by atoms with Crippen molar-refractivity contribution in [3.63, 3.8) is 0 Å². The highest BCUT2D eigenvalue weighted by Gasteiger charge is 2.28. The summed E-state index contributed by atoms with van der Waals surface area (Å²) in [7, 11) is 3.31. The van der Waals surface area contributed by atoms with Crippen LogP contribution >= 0.6 is 0 Å². The molecule has 0 unspecified atom stereocenters. The van der Waals surface area contributed by atoms with E-state index in [0.717, 1.165) is 5.56 Å². The summed E-state index contributed by atoms with van der Waals surface area (Å²) in [6, 6.07) is 4.63. The molecule has 0 atom stereocenters. The summed E-state index contributed by atoms with van der Waals surface area (Å²) in [6.07, 6.45) is 0.473. The third-order valence-corrected chi connectivity index (χ3v) is 3.31. The van der Waals surface area contributed by atoms with E-state index in [1.54, 1.807) is 20.2 Å². The number of aromatic carboxylic acids is 1. The monoisotopic (exact) mass is 276 g/mol. The smallest absolute Gasteiger partial charge is 0.335 e. The number of hydrogen-bond acceptors (Lipinski definition) is 3. The summed E-state index contributed by atoms with van der Waals surface area (Å²) in [5.74, 6) is -1.20. The van der Waals surface area contributed by atoms with Crippen LogP contribution in [-0.2, 0) is 16.0 Å². The molecule has 0 radical (unpaired) electrons. The Hall–Kier alpha value is -2.37. The van der Waals surface area contributed by atoms with Crippen molar-refractivity contribution in [1.29, 1.82) is 0 Å². The Bertz CT molecular complexity index is 581. The lowest BCUT2D eigenvalue weighted by Gasteiger charge is -2.19. The molecule has 0 saturated carbocycles. The lowest BCUT2D eigenvalue weighted by molar-refractivity contribution is -0.128. The van der Waals surface area contributed by atoms with Crippen molar-refractivity contribution in [2.45, 2.75) is 12.8 Å². The molecule has 6 heteroatoms. The molecule has 20 heavy (non-hydrogen) atoms. The SMILES string of the molecule is CN(C)C(=O)CCN1C(=O)Cc2ccc(C(=O)O)cc21. The van der Waals surface area contributed by atoms with Crippen molar-refractivity contribution < 1.29 is 19.5 Å². The minimum Gasteiger partial charge on any atom is -0.478 e. The van der Waals surface area contributed by atoms with Gasteiger partial charge in [0.2, 0.25) is 11.8 Å². The molecule has 1 aliphatic rings. The molecule has 0 bridgehead atoms. The van der Waals surface area contributed by atoms with E-state index >= 15 is 0 Å². The summed E-state index contributed by atoms with van der Waals surface area (Å²) in [6.45, 7) is 0.270. The first-order chi connectivity index (χ1) is 9.40. The predicted octanol–water partition coefficient (Wildman–Crippen LogP) is 0.752. The van der Waals surface area contributed by atoms with Crippen molar-refractivity contribution in [3.8, 4) is 0 Å². The maximum absolute atomic E-state index is 11.9. The number of hydrogen-bond donors (Lipinski definition) is 1. The van der Waals surface area contributed by atoms with E-state index in [4.69, 9.17) is 5.11 Å². The molecule has 0 spiro atoms. The first-order valence-electron chi connectivity index (χ1n) is 6.27. The number of carboxylic acid groups (broad SMARTS) is 1. The Morgan fingerprint density at radius 3 is 2.65 bits per heavy atom. The number of nitrogens with zero attached hydrogens (tertiary/aromatic N) is 2. The molecule has 2 amide bonds. The molecule has 0 aliphatic carbocycles.